The van der Waals surface area contributed by atoms with Gasteiger partial charge in [0.15, 0.2) is 15.7 Å². The number of carbonyl (C=O) groups is 1. The quantitative estimate of drug-likeness (QED) is 0.267. The van der Waals surface area contributed by atoms with Gasteiger partial charge in [0.1, 0.15) is 10.6 Å². The standard InChI is InChI=1S/C22H20N6O3S2/c1-14-24-25-21(33-14)32-13-16-15-7-2-3-8-17(15)31-19(16)20(29)23-10-6-12-28-22(30)27-11-5-4-9-18(27)26-28/h2-5,7-9,11H,6,10,12-13H2,1H3,(H,23,29). The molecular formula is C22H20N6O3S2. The smallest absolute Gasteiger partial charge is 0.350 e. The SMILES string of the molecule is Cc1nnc(SCc2c(C(=O)NCCCn3nc4ccccn4c3=O)oc3ccccc23)s1. The van der Waals surface area contributed by atoms with E-state index in [2.05, 4.69) is 20.6 Å². The second-order valence-corrected chi connectivity index (χ2v) is 9.73. The van der Waals surface area contributed by atoms with Crippen molar-refractivity contribution in [2.75, 3.05) is 6.54 Å². The van der Waals surface area contributed by atoms with Crippen LogP contribution in [0, 0.1) is 6.92 Å². The number of fused-ring (bicyclic) bond motifs is 2. The second-order valence-electron chi connectivity index (χ2n) is 7.33. The third kappa shape index (κ3) is 4.41. The molecule has 4 aromatic heterocycles. The van der Waals surface area contributed by atoms with Gasteiger partial charge in [-0.15, -0.1) is 15.3 Å². The van der Waals surface area contributed by atoms with Crippen LogP contribution in [0.5, 0.6) is 0 Å². The predicted molar refractivity (Wildman–Crippen MR) is 127 cm³/mol. The van der Waals surface area contributed by atoms with Crippen molar-refractivity contribution in [3.05, 3.63) is 75.5 Å². The molecule has 4 heterocycles. The highest BCUT2D eigenvalue weighted by molar-refractivity contribution is 8.00. The van der Waals surface area contributed by atoms with Crippen molar-refractivity contribution < 1.29 is 9.21 Å². The van der Waals surface area contributed by atoms with Crippen LogP contribution in [0.2, 0.25) is 0 Å². The van der Waals surface area contributed by atoms with Gasteiger partial charge in [-0.2, -0.15) is 0 Å². The van der Waals surface area contributed by atoms with E-state index in [1.807, 2.05) is 37.3 Å². The Balaban J connectivity index is 1.26. The van der Waals surface area contributed by atoms with E-state index in [0.717, 1.165) is 20.3 Å². The van der Waals surface area contributed by atoms with E-state index in [9.17, 15) is 9.59 Å². The third-order valence-corrected chi connectivity index (χ3v) is 7.07. The number of aromatic nitrogens is 5. The maximum atomic E-state index is 12.9. The first-order valence-corrected chi connectivity index (χ1v) is 12.2. The fourth-order valence-electron chi connectivity index (χ4n) is 3.52. The molecule has 5 aromatic rings. The van der Waals surface area contributed by atoms with Crippen LogP contribution < -0.4 is 11.0 Å². The number of hydrogen-bond donors (Lipinski definition) is 1. The average molecular weight is 481 g/mol. The van der Waals surface area contributed by atoms with Gasteiger partial charge in [0, 0.05) is 36.0 Å². The van der Waals surface area contributed by atoms with Crippen LogP contribution in [-0.4, -0.2) is 36.8 Å². The van der Waals surface area contributed by atoms with Crippen molar-refractivity contribution in [1.29, 1.82) is 0 Å². The van der Waals surface area contributed by atoms with Crippen LogP contribution in [0.15, 0.2) is 62.2 Å². The minimum absolute atomic E-state index is 0.194. The van der Waals surface area contributed by atoms with Gasteiger partial charge in [0.05, 0.1) is 0 Å². The highest BCUT2D eigenvalue weighted by Crippen LogP contribution is 2.33. The molecule has 33 heavy (non-hydrogen) atoms. The molecule has 9 nitrogen and oxygen atoms in total. The number of amides is 1. The number of thioether (sulfide) groups is 1. The molecule has 0 aliphatic heterocycles. The number of pyridine rings is 1. The van der Waals surface area contributed by atoms with Crippen LogP contribution in [0.1, 0.15) is 27.5 Å². The summed E-state index contributed by atoms with van der Waals surface area (Å²) in [5.74, 6) is 0.567. The molecule has 0 aliphatic carbocycles. The van der Waals surface area contributed by atoms with E-state index >= 15 is 0 Å². The zero-order valence-electron chi connectivity index (χ0n) is 17.7. The van der Waals surface area contributed by atoms with Crippen LogP contribution in [0.3, 0.4) is 0 Å². The van der Waals surface area contributed by atoms with Gasteiger partial charge in [-0.25, -0.2) is 9.48 Å². The van der Waals surface area contributed by atoms with E-state index in [1.54, 1.807) is 18.3 Å². The summed E-state index contributed by atoms with van der Waals surface area (Å²) >= 11 is 3.05. The third-order valence-electron chi connectivity index (χ3n) is 5.07. The fraction of sp³-hybridized carbons (Fsp3) is 0.227. The summed E-state index contributed by atoms with van der Waals surface area (Å²) in [4.78, 5) is 25.3. The molecule has 0 unspecified atom stereocenters. The first kappa shape index (κ1) is 21.4. The lowest BCUT2D eigenvalue weighted by Gasteiger charge is -2.05. The zero-order chi connectivity index (χ0) is 22.8. The molecule has 1 amide bonds. The lowest BCUT2D eigenvalue weighted by atomic mass is 10.1. The molecule has 1 aromatic carbocycles. The largest absolute Gasteiger partial charge is 0.451 e. The fourth-order valence-corrected chi connectivity index (χ4v) is 5.36. The number of nitrogens with one attached hydrogen (secondary N) is 1. The van der Waals surface area contributed by atoms with Gasteiger partial charge in [0.25, 0.3) is 5.91 Å². The van der Waals surface area contributed by atoms with Crippen molar-refractivity contribution in [3.8, 4) is 0 Å². The van der Waals surface area contributed by atoms with Gasteiger partial charge in [-0.05, 0) is 31.5 Å². The maximum absolute atomic E-state index is 12.9. The van der Waals surface area contributed by atoms with Crippen molar-refractivity contribution in [2.24, 2.45) is 0 Å². The summed E-state index contributed by atoms with van der Waals surface area (Å²) in [6.07, 6.45) is 2.25. The Kier molecular flexibility index (Phi) is 5.97. The Morgan fingerprint density at radius 2 is 2.03 bits per heavy atom. The maximum Gasteiger partial charge on any atom is 0.350 e. The lowest BCUT2D eigenvalue weighted by Crippen LogP contribution is -2.27. The first-order chi connectivity index (χ1) is 16.1. The molecule has 1 N–H and O–H groups in total. The number of para-hydroxylation sites is 1. The molecule has 0 bridgehead atoms. The minimum Gasteiger partial charge on any atom is -0.451 e. The Morgan fingerprint density at radius 3 is 2.85 bits per heavy atom. The second kappa shape index (κ2) is 9.20. The summed E-state index contributed by atoms with van der Waals surface area (Å²) < 4.78 is 9.66. The minimum atomic E-state index is -0.280. The Morgan fingerprint density at radius 1 is 1.18 bits per heavy atom. The van der Waals surface area contributed by atoms with Crippen molar-refractivity contribution in [1.82, 2.24) is 29.7 Å². The molecule has 0 atom stereocenters. The molecule has 168 valence electrons. The van der Waals surface area contributed by atoms with Crippen LogP contribution in [0.4, 0.5) is 0 Å². The summed E-state index contributed by atoms with van der Waals surface area (Å²) in [6.45, 7) is 2.70. The number of aryl methyl sites for hydroxylation is 2. The van der Waals surface area contributed by atoms with E-state index < -0.39 is 0 Å². The number of carbonyl (C=O) groups excluding carboxylic acids is 1. The molecule has 0 fully saturated rings. The van der Waals surface area contributed by atoms with E-state index in [0.29, 0.717) is 42.3 Å². The molecule has 11 heteroatoms. The lowest BCUT2D eigenvalue weighted by molar-refractivity contribution is 0.0926. The number of hydrogen-bond acceptors (Lipinski definition) is 8. The van der Waals surface area contributed by atoms with E-state index in [4.69, 9.17) is 4.42 Å². The first-order valence-electron chi connectivity index (χ1n) is 10.4. The molecule has 0 spiro atoms. The molecule has 0 saturated heterocycles. The molecule has 0 radical (unpaired) electrons. The van der Waals surface area contributed by atoms with Crippen LogP contribution in [0.25, 0.3) is 16.6 Å². The number of benzene rings is 1. The molecule has 0 saturated carbocycles. The van der Waals surface area contributed by atoms with Gasteiger partial charge in [-0.3, -0.25) is 9.20 Å². The number of nitrogens with zero attached hydrogens (tertiary/aromatic N) is 5. The predicted octanol–water partition coefficient (Wildman–Crippen LogP) is 3.51. The monoisotopic (exact) mass is 480 g/mol. The summed E-state index contributed by atoms with van der Waals surface area (Å²) in [5.41, 5.74) is 1.91. The van der Waals surface area contributed by atoms with Gasteiger partial charge in [-0.1, -0.05) is 47.4 Å². The summed E-state index contributed by atoms with van der Waals surface area (Å²) in [6, 6.07) is 13.0. The van der Waals surface area contributed by atoms with E-state index in [-0.39, 0.29) is 11.6 Å². The highest BCUT2D eigenvalue weighted by atomic mass is 32.2. The average Bonchev–Trinajstić information content (AvgIpc) is 3.51. The molecule has 0 aliphatic rings. The van der Waals surface area contributed by atoms with Crippen molar-refractivity contribution >= 4 is 45.6 Å². The van der Waals surface area contributed by atoms with Crippen LogP contribution >= 0.6 is 23.1 Å². The zero-order valence-corrected chi connectivity index (χ0v) is 19.4. The number of rotatable bonds is 8. The summed E-state index contributed by atoms with van der Waals surface area (Å²) in [5, 5.41) is 17.2. The Hall–Kier alpha value is -3.44. The van der Waals surface area contributed by atoms with Crippen LogP contribution in [-0.2, 0) is 12.3 Å². The van der Waals surface area contributed by atoms with Gasteiger partial charge < -0.3 is 9.73 Å². The molecular weight excluding hydrogens is 460 g/mol. The molecule has 5 rings (SSSR count). The van der Waals surface area contributed by atoms with Crippen molar-refractivity contribution in [3.63, 3.8) is 0 Å². The topological polar surface area (TPSA) is 107 Å². The highest BCUT2D eigenvalue weighted by Gasteiger charge is 2.21. The van der Waals surface area contributed by atoms with Gasteiger partial charge in [0.2, 0.25) is 0 Å². The Bertz CT molecular complexity index is 1500. The Labute approximate surface area is 196 Å². The summed E-state index contributed by atoms with van der Waals surface area (Å²) in [7, 11) is 0. The number of furan rings is 1. The van der Waals surface area contributed by atoms with Crippen molar-refractivity contribution in [2.45, 2.75) is 30.0 Å². The normalized spacial score (nSPS) is 11.4. The van der Waals surface area contributed by atoms with E-state index in [1.165, 1.54) is 32.2 Å². The van der Waals surface area contributed by atoms with Gasteiger partial charge >= 0.3 is 5.69 Å².